The normalized spacial score (nSPS) is 18.9. The molecule has 9 nitrogen and oxygen atoms in total. The fourth-order valence-corrected chi connectivity index (χ4v) is 23.7. The molecule has 14 heteroatoms. The van der Waals surface area contributed by atoms with Crippen molar-refractivity contribution >= 4 is 42.8 Å². The van der Waals surface area contributed by atoms with E-state index in [1.807, 2.05) is 47.0 Å². The zero-order valence-corrected chi connectivity index (χ0v) is 28.9. The van der Waals surface area contributed by atoms with Crippen molar-refractivity contribution in [3.63, 3.8) is 0 Å². The first kappa shape index (κ1) is 34.7. The van der Waals surface area contributed by atoms with Crippen LogP contribution in [0.4, 0.5) is 0 Å². The van der Waals surface area contributed by atoms with Gasteiger partial charge < -0.3 is 39.9 Å². The summed E-state index contributed by atoms with van der Waals surface area (Å²) >= 11 is 0. The summed E-state index contributed by atoms with van der Waals surface area (Å²) in [4.78, 5) is 0. The molecule has 0 aromatic carbocycles. The van der Waals surface area contributed by atoms with E-state index >= 15 is 0 Å². The second kappa shape index (κ2) is 14.6. The minimum atomic E-state index is -3.28. The van der Waals surface area contributed by atoms with E-state index in [0.717, 1.165) is 0 Å². The first-order valence-corrected chi connectivity index (χ1v) is 26.2. The van der Waals surface area contributed by atoms with Gasteiger partial charge in [-0.1, -0.05) is 0 Å². The van der Waals surface area contributed by atoms with Crippen LogP contribution in [0.3, 0.4) is 0 Å². The van der Waals surface area contributed by atoms with Crippen LogP contribution in [-0.2, 0) is 34.8 Å². The molecule has 0 aliphatic carbocycles. The third-order valence-corrected chi connectivity index (χ3v) is 20.1. The smallest absolute Gasteiger partial charge is 0.437 e. The molecule has 4 unspecified atom stereocenters. The fourth-order valence-electron chi connectivity index (χ4n) is 3.43. The van der Waals surface area contributed by atoms with Crippen molar-refractivity contribution in [3.8, 4) is 0 Å². The summed E-state index contributed by atoms with van der Waals surface area (Å²) in [6.07, 6.45) is -0.327. The quantitative estimate of drug-likeness (QED) is 0.224. The summed E-state index contributed by atoms with van der Waals surface area (Å²) in [6.45, 7) is 27.8. The second-order valence-electron chi connectivity index (χ2n) is 11.1. The number of aliphatic hydroxyl groups is 1. The van der Waals surface area contributed by atoms with E-state index in [-0.39, 0.29) is 32.0 Å². The van der Waals surface area contributed by atoms with Crippen LogP contribution in [0.15, 0.2) is 0 Å². The molecule has 0 heterocycles. The highest BCUT2D eigenvalue weighted by atomic mass is 28.5. The maximum Gasteiger partial charge on any atom is 0.481 e. The number of hydrogen-bond acceptors (Lipinski definition) is 9. The minimum Gasteiger partial charge on any atom is -0.437 e. The molecule has 0 aromatic rings. The van der Waals surface area contributed by atoms with E-state index in [9.17, 15) is 0 Å². The molecule has 34 heavy (non-hydrogen) atoms. The molecule has 0 saturated carbocycles. The molecule has 1 N–H and O–H groups in total. The lowest BCUT2D eigenvalue weighted by Gasteiger charge is -2.42. The van der Waals surface area contributed by atoms with Gasteiger partial charge in [0.2, 0.25) is 0 Å². The average molecular weight is 577 g/mol. The highest BCUT2D eigenvalue weighted by Crippen LogP contribution is 2.28. The van der Waals surface area contributed by atoms with Gasteiger partial charge >= 0.3 is 26.2 Å². The van der Waals surface area contributed by atoms with Gasteiger partial charge in [-0.05, 0) is 73.1 Å². The van der Waals surface area contributed by atoms with Gasteiger partial charge in [0.25, 0.3) is 0 Å². The van der Waals surface area contributed by atoms with E-state index in [4.69, 9.17) is 39.9 Å². The van der Waals surface area contributed by atoms with Crippen LogP contribution in [-0.4, -0.2) is 93.2 Å². The van der Waals surface area contributed by atoms with Gasteiger partial charge in [-0.15, -0.1) is 0 Å². The number of rotatable bonds is 19. The maximum atomic E-state index is 9.04. The van der Waals surface area contributed by atoms with Gasteiger partial charge in [-0.25, -0.2) is 0 Å². The van der Waals surface area contributed by atoms with Gasteiger partial charge in [-0.2, -0.15) is 0 Å². The van der Waals surface area contributed by atoms with Crippen LogP contribution >= 0.6 is 0 Å². The lowest BCUT2D eigenvalue weighted by Crippen LogP contribution is -2.63. The molecule has 0 aromatic heterocycles. The highest BCUT2D eigenvalue weighted by molar-refractivity contribution is 6.88. The lowest BCUT2D eigenvalue weighted by atomic mass is 10.4. The molecule has 206 valence electrons. The molecule has 0 bridgehead atoms. The maximum absolute atomic E-state index is 9.04. The number of ether oxygens (including phenoxy) is 2. The average Bonchev–Trinajstić information content (AvgIpc) is 2.59. The summed E-state index contributed by atoms with van der Waals surface area (Å²) in [5, 5.41) is 9.04. The van der Waals surface area contributed by atoms with Crippen molar-refractivity contribution in [3.05, 3.63) is 0 Å². The monoisotopic (exact) mass is 576 g/mol. The van der Waals surface area contributed by atoms with Crippen molar-refractivity contribution < 1.29 is 39.9 Å². The first-order valence-electron chi connectivity index (χ1n) is 12.2. The van der Waals surface area contributed by atoms with Gasteiger partial charge in [0.1, 0.15) is 0 Å². The van der Waals surface area contributed by atoms with E-state index in [1.165, 1.54) is 0 Å². The van der Waals surface area contributed by atoms with Crippen molar-refractivity contribution in [1.82, 2.24) is 0 Å². The Morgan fingerprint density at radius 2 is 1.06 bits per heavy atom. The molecule has 0 amide bonds. The van der Waals surface area contributed by atoms with Gasteiger partial charge in [-0.3, -0.25) is 0 Å². The zero-order valence-electron chi connectivity index (χ0n) is 23.9. The standard InChI is InChI=1S/C20H52O9Si5/c1-14-22-19(2)17-25-34(13,28-32(10,11)26-30(4,5)6)29-33(12,27-31(7,8)9)24-18-20(3)23-16-15-21/h19-21H,14-18H2,1-13H3. The summed E-state index contributed by atoms with van der Waals surface area (Å²) in [7, 11) is -13.0. The van der Waals surface area contributed by atoms with E-state index in [1.54, 1.807) is 0 Å². The molecule has 0 aliphatic heterocycles. The summed E-state index contributed by atoms with van der Waals surface area (Å²) in [6, 6.07) is 0. The largest absolute Gasteiger partial charge is 0.481 e. The molecule has 4 atom stereocenters. The Morgan fingerprint density at radius 3 is 1.47 bits per heavy atom. The molecular formula is C20H52O9Si5. The Morgan fingerprint density at radius 1 is 0.618 bits per heavy atom. The Bertz CT molecular complexity index is 574. The van der Waals surface area contributed by atoms with E-state index in [2.05, 4.69) is 39.3 Å². The fraction of sp³-hybridized carbons (Fsp3) is 1.00. The topological polar surface area (TPSA) is 94.1 Å². The van der Waals surface area contributed by atoms with Gasteiger partial charge in [0, 0.05) is 19.7 Å². The first-order chi connectivity index (χ1) is 15.2. The summed E-state index contributed by atoms with van der Waals surface area (Å²) < 4.78 is 50.1. The Hall–Kier alpha value is 0.724. The third-order valence-electron chi connectivity index (χ3n) is 3.95. The molecule has 0 aliphatic rings. The van der Waals surface area contributed by atoms with Crippen LogP contribution in [0.25, 0.3) is 0 Å². The zero-order chi connectivity index (χ0) is 26.8. The number of aliphatic hydroxyl groups excluding tert-OH is 1. The second-order valence-corrected chi connectivity index (χ2v) is 29.6. The summed E-state index contributed by atoms with van der Waals surface area (Å²) in [5.41, 5.74) is 0. The number of hydrogen-bond donors (Lipinski definition) is 1. The van der Waals surface area contributed by atoms with Crippen LogP contribution in [0.2, 0.25) is 65.5 Å². The predicted octanol–water partition coefficient (Wildman–Crippen LogP) is 4.42. The van der Waals surface area contributed by atoms with E-state index < -0.39 is 42.8 Å². The molecule has 0 spiro atoms. The molecule has 0 radical (unpaired) electrons. The minimum absolute atomic E-state index is 0.0393. The molecule has 0 saturated heterocycles. The van der Waals surface area contributed by atoms with E-state index in [0.29, 0.717) is 13.2 Å². The molecule has 0 rings (SSSR count). The van der Waals surface area contributed by atoms with Crippen LogP contribution in [0.1, 0.15) is 20.8 Å². The van der Waals surface area contributed by atoms with Crippen molar-refractivity contribution in [1.29, 1.82) is 0 Å². The van der Waals surface area contributed by atoms with Gasteiger partial charge in [0.15, 0.2) is 16.6 Å². The molecule has 0 fully saturated rings. The van der Waals surface area contributed by atoms with Crippen molar-refractivity contribution in [2.75, 3.05) is 33.0 Å². The third kappa shape index (κ3) is 17.2. The SMILES string of the molecule is CCOC(C)CO[Si](C)(O[Si](C)(C)O[Si](C)(C)C)O[Si](C)(OCC(C)OCCO)O[Si](C)(C)C. The van der Waals surface area contributed by atoms with Crippen LogP contribution in [0, 0.1) is 0 Å². The van der Waals surface area contributed by atoms with Gasteiger partial charge in [0.05, 0.1) is 38.6 Å². The summed E-state index contributed by atoms with van der Waals surface area (Å²) in [5.74, 6) is 0. The highest BCUT2D eigenvalue weighted by Gasteiger charge is 2.53. The lowest BCUT2D eigenvalue weighted by molar-refractivity contribution is -0.00841. The van der Waals surface area contributed by atoms with Crippen LogP contribution in [0.5, 0.6) is 0 Å². The van der Waals surface area contributed by atoms with Crippen LogP contribution < -0.4 is 0 Å². The molecular weight excluding hydrogens is 525 g/mol. The Labute approximate surface area is 214 Å². The Balaban J connectivity index is 5.85. The predicted molar refractivity (Wildman–Crippen MR) is 147 cm³/mol. The van der Waals surface area contributed by atoms with Crippen molar-refractivity contribution in [2.24, 2.45) is 0 Å². The Kier molecular flexibility index (Phi) is 14.9. The van der Waals surface area contributed by atoms with Crippen molar-refractivity contribution in [2.45, 2.75) is 98.4 Å².